The van der Waals surface area contributed by atoms with E-state index in [0.29, 0.717) is 0 Å². The van der Waals surface area contributed by atoms with Gasteiger partial charge in [0.25, 0.3) is 0 Å². The second-order valence-corrected chi connectivity index (χ2v) is 7.22. The van der Waals surface area contributed by atoms with Crippen molar-refractivity contribution in [2.75, 3.05) is 5.32 Å². The zero-order valence-electron chi connectivity index (χ0n) is 14.2. The molecule has 0 bridgehead atoms. The number of hydrogen-bond donors (Lipinski definition) is 1. The fraction of sp³-hybridized carbons (Fsp3) is 0.381. The van der Waals surface area contributed by atoms with Crippen molar-refractivity contribution in [3.05, 3.63) is 52.7 Å². The number of aromatic nitrogens is 2. The quantitative estimate of drug-likeness (QED) is 0.743. The fourth-order valence-corrected chi connectivity index (χ4v) is 4.48. The average Bonchev–Trinajstić information content (AvgIpc) is 3.19. The van der Waals surface area contributed by atoms with E-state index in [-0.39, 0.29) is 0 Å². The van der Waals surface area contributed by atoms with Crippen LogP contribution in [0.2, 0.25) is 0 Å². The van der Waals surface area contributed by atoms with Gasteiger partial charge in [-0.25, -0.2) is 4.98 Å². The molecule has 3 aromatic rings. The maximum atomic E-state index is 4.90. The highest BCUT2D eigenvalue weighted by Gasteiger charge is 2.20. The van der Waals surface area contributed by atoms with Crippen LogP contribution in [0.15, 0.2) is 30.3 Å². The van der Waals surface area contributed by atoms with Crippen LogP contribution < -0.4 is 5.32 Å². The number of anilines is 2. The third-order valence-corrected chi connectivity index (χ3v) is 5.73. The monoisotopic (exact) mass is 317 g/mol. The Hall–Kier alpha value is -2.29. The molecule has 2 aliphatic rings. The van der Waals surface area contributed by atoms with Crippen molar-refractivity contribution >= 4 is 22.5 Å². The van der Waals surface area contributed by atoms with E-state index in [9.17, 15) is 0 Å². The Bertz CT molecular complexity index is 936. The Labute approximate surface area is 142 Å². The van der Waals surface area contributed by atoms with Crippen molar-refractivity contribution in [2.24, 2.45) is 7.05 Å². The molecular weight excluding hydrogens is 294 g/mol. The minimum atomic E-state index is 0.942. The molecule has 2 aromatic heterocycles. The van der Waals surface area contributed by atoms with Gasteiger partial charge in [-0.1, -0.05) is 6.07 Å². The Balaban J connectivity index is 1.50. The van der Waals surface area contributed by atoms with Gasteiger partial charge in [0.2, 0.25) is 0 Å². The summed E-state index contributed by atoms with van der Waals surface area (Å²) in [7, 11) is 2.15. The topological polar surface area (TPSA) is 29.9 Å². The van der Waals surface area contributed by atoms with Crippen molar-refractivity contribution in [2.45, 2.75) is 44.9 Å². The van der Waals surface area contributed by atoms with Gasteiger partial charge in [0, 0.05) is 23.8 Å². The second kappa shape index (κ2) is 5.37. The van der Waals surface area contributed by atoms with E-state index in [1.807, 2.05) is 0 Å². The van der Waals surface area contributed by atoms with Gasteiger partial charge in [0.15, 0.2) is 0 Å². The molecular formula is C21H23N3. The van der Waals surface area contributed by atoms with Crippen molar-refractivity contribution in [3.8, 4) is 0 Å². The zero-order chi connectivity index (χ0) is 16.1. The Morgan fingerprint density at radius 2 is 1.79 bits per heavy atom. The molecule has 0 spiro atoms. The summed E-state index contributed by atoms with van der Waals surface area (Å²) >= 11 is 0. The molecule has 0 atom stereocenters. The summed E-state index contributed by atoms with van der Waals surface area (Å²) in [5.41, 5.74) is 8.29. The van der Waals surface area contributed by atoms with Crippen LogP contribution in [0.1, 0.15) is 41.6 Å². The van der Waals surface area contributed by atoms with E-state index in [4.69, 9.17) is 4.98 Å². The molecule has 0 radical (unpaired) electrons. The van der Waals surface area contributed by atoms with Gasteiger partial charge < -0.3 is 9.88 Å². The minimum absolute atomic E-state index is 0.942. The first kappa shape index (κ1) is 14.1. The van der Waals surface area contributed by atoms with Crippen LogP contribution >= 0.6 is 0 Å². The van der Waals surface area contributed by atoms with Gasteiger partial charge in [-0.2, -0.15) is 0 Å². The molecule has 0 unspecified atom stereocenters. The molecule has 1 aromatic carbocycles. The van der Waals surface area contributed by atoms with Crippen LogP contribution in [-0.2, 0) is 32.7 Å². The number of benzene rings is 1. The van der Waals surface area contributed by atoms with Crippen molar-refractivity contribution in [3.63, 3.8) is 0 Å². The summed E-state index contributed by atoms with van der Waals surface area (Å²) in [6, 6.07) is 11.2. The number of hydrogen-bond acceptors (Lipinski definition) is 2. The largest absolute Gasteiger partial charge is 0.340 e. The molecule has 0 aliphatic heterocycles. The van der Waals surface area contributed by atoms with Gasteiger partial charge in [-0.05, 0) is 85.9 Å². The summed E-state index contributed by atoms with van der Waals surface area (Å²) in [4.78, 5) is 4.90. The van der Waals surface area contributed by atoms with Crippen LogP contribution in [-0.4, -0.2) is 9.55 Å². The highest BCUT2D eigenvalue weighted by molar-refractivity contribution is 5.84. The first-order valence-corrected chi connectivity index (χ1v) is 9.15. The standard InChI is InChI=1S/C21H23N3/c1-24-19-8-4-7-17(19)18-11-12-20(23-21(18)24)22-16-10-9-14-5-2-3-6-15(14)13-16/h9-13H,2-8H2,1H3,(H,22,23). The van der Waals surface area contributed by atoms with Gasteiger partial charge in [-0.15, -0.1) is 0 Å². The molecule has 2 aliphatic carbocycles. The maximum Gasteiger partial charge on any atom is 0.142 e. The predicted octanol–water partition coefficient (Wildman–Crippen LogP) is 4.68. The first-order chi connectivity index (χ1) is 11.8. The maximum absolute atomic E-state index is 4.90. The molecule has 0 saturated carbocycles. The fourth-order valence-electron chi connectivity index (χ4n) is 4.48. The predicted molar refractivity (Wildman–Crippen MR) is 99.1 cm³/mol. The smallest absolute Gasteiger partial charge is 0.142 e. The molecule has 3 heteroatoms. The minimum Gasteiger partial charge on any atom is -0.340 e. The average molecular weight is 317 g/mol. The molecule has 2 heterocycles. The highest BCUT2D eigenvalue weighted by Crippen LogP contribution is 2.32. The van der Waals surface area contributed by atoms with Crippen molar-refractivity contribution in [1.82, 2.24) is 9.55 Å². The van der Waals surface area contributed by atoms with E-state index in [2.05, 4.69) is 47.3 Å². The van der Waals surface area contributed by atoms with Crippen LogP contribution in [0.25, 0.3) is 11.0 Å². The van der Waals surface area contributed by atoms with E-state index >= 15 is 0 Å². The molecule has 3 nitrogen and oxygen atoms in total. The van der Waals surface area contributed by atoms with Crippen LogP contribution in [0, 0.1) is 0 Å². The van der Waals surface area contributed by atoms with E-state index in [0.717, 1.165) is 17.2 Å². The molecule has 0 amide bonds. The van der Waals surface area contributed by atoms with Crippen LogP contribution in [0.5, 0.6) is 0 Å². The zero-order valence-corrected chi connectivity index (χ0v) is 14.2. The normalized spacial score (nSPS) is 16.2. The lowest BCUT2D eigenvalue weighted by molar-refractivity contribution is 0.686. The van der Waals surface area contributed by atoms with Gasteiger partial charge >= 0.3 is 0 Å². The van der Waals surface area contributed by atoms with E-state index in [1.165, 1.54) is 72.7 Å². The molecule has 0 fully saturated rings. The van der Waals surface area contributed by atoms with Gasteiger partial charge in [-0.3, -0.25) is 0 Å². The number of nitrogens with zero attached hydrogens (tertiary/aromatic N) is 2. The Kier molecular flexibility index (Phi) is 3.15. The third-order valence-electron chi connectivity index (χ3n) is 5.73. The summed E-state index contributed by atoms with van der Waals surface area (Å²) < 4.78 is 2.29. The molecule has 24 heavy (non-hydrogen) atoms. The van der Waals surface area contributed by atoms with Gasteiger partial charge in [0.05, 0.1) is 0 Å². The summed E-state index contributed by atoms with van der Waals surface area (Å²) in [5, 5.41) is 4.85. The Morgan fingerprint density at radius 1 is 0.917 bits per heavy atom. The summed E-state index contributed by atoms with van der Waals surface area (Å²) in [6.45, 7) is 0. The lowest BCUT2D eigenvalue weighted by atomic mass is 9.91. The number of rotatable bonds is 2. The van der Waals surface area contributed by atoms with Crippen LogP contribution in [0.3, 0.4) is 0 Å². The highest BCUT2D eigenvalue weighted by atomic mass is 15.1. The molecule has 5 rings (SSSR count). The number of nitrogens with one attached hydrogen (secondary N) is 1. The molecule has 1 N–H and O–H groups in total. The van der Waals surface area contributed by atoms with Crippen LogP contribution in [0.4, 0.5) is 11.5 Å². The summed E-state index contributed by atoms with van der Waals surface area (Å²) in [5.74, 6) is 0.942. The SMILES string of the molecule is Cn1c2c(c3ccc(Nc4ccc5c(c4)CCCC5)nc31)CCC2. The second-order valence-electron chi connectivity index (χ2n) is 7.22. The van der Waals surface area contributed by atoms with E-state index in [1.54, 1.807) is 0 Å². The Morgan fingerprint density at radius 3 is 2.71 bits per heavy atom. The number of aryl methyl sites for hydroxylation is 4. The van der Waals surface area contributed by atoms with Crippen molar-refractivity contribution in [1.29, 1.82) is 0 Å². The lowest BCUT2D eigenvalue weighted by Crippen LogP contribution is -2.03. The van der Waals surface area contributed by atoms with Gasteiger partial charge in [0.1, 0.15) is 11.5 Å². The van der Waals surface area contributed by atoms with E-state index < -0.39 is 0 Å². The first-order valence-electron chi connectivity index (χ1n) is 9.15. The number of pyridine rings is 1. The molecule has 0 saturated heterocycles. The van der Waals surface area contributed by atoms with Crippen molar-refractivity contribution < 1.29 is 0 Å². The molecule has 122 valence electrons. The summed E-state index contributed by atoms with van der Waals surface area (Å²) in [6.07, 6.45) is 8.76. The third kappa shape index (κ3) is 2.15. The number of fused-ring (bicyclic) bond motifs is 4. The lowest BCUT2D eigenvalue weighted by Gasteiger charge is -2.17.